The summed E-state index contributed by atoms with van der Waals surface area (Å²) in [6.07, 6.45) is 0.845. The van der Waals surface area contributed by atoms with Gasteiger partial charge < -0.3 is 0 Å². The van der Waals surface area contributed by atoms with Crippen molar-refractivity contribution in [1.82, 2.24) is 0 Å². The smallest absolute Gasteiger partial charge is 0.167 e. The molecule has 98 valence electrons. The number of halogens is 2. The van der Waals surface area contributed by atoms with Gasteiger partial charge in [0.2, 0.25) is 0 Å². The summed E-state index contributed by atoms with van der Waals surface area (Å²) in [4.78, 5) is 12.1. The van der Waals surface area contributed by atoms with Crippen LogP contribution in [0.25, 0.3) is 0 Å². The first-order valence-electron chi connectivity index (χ1n) is 6.15. The van der Waals surface area contributed by atoms with E-state index in [-0.39, 0.29) is 12.2 Å². The maximum absolute atomic E-state index is 13.0. The fourth-order valence-electron chi connectivity index (χ4n) is 1.97. The second-order valence-electron chi connectivity index (χ2n) is 4.43. The van der Waals surface area contributed by atoms with Gasteiger partial charge in [-0.25, -0.2) is 8.78 Å². The van der Waals surface area contributed by atoms with Gasteiger partial charge in [-0.15, -0.1) is 0 Å². The minimum Gasteiger partial charge on any atom is -0.294 e. The number of carbonyl (C=O) groups excluding carboxylic acids is 1. The van der Waals surface area contributed by atoms with Crippen molar-refractivity contribution in [3.05, 3.63) is 70.8 Å². The van der Waals surface area contributed by atoms with Crippen LogP contribution in [0.1, 0.15) is 28.4 Å². The zero-order chi connectivity index (χ0) is 13.8. The van der Waals surface area contributed by atoms with E-state index < -0.39 is 11.6 Å². The highest BCUT2D eigenvalue weighted by Crippen LogP contribution is 2.13. The number of carbonyl (C=O) groups is 1. The number of hydrogen-bond donors (Lipinski definition) is 0. The molecule has 0 fully saturated rings. The summed E-state index contributed by atoms with van der Waals surface area (Å²) < 4.78 is 26.1. The van der Waals surface area contributed by atoms with Gasteiger partial charge >= 0.3 is 0 Å². The van der Waals surface area contributed by atoms with Gasteiger partial charge in [-0.1, -0.05) is 25.1 Å². The van der Waals surface area contributed by atoms with Gasteiger partial charge in [0.15, 0.2) is 5.78 Å². The van der Waals surface area contributed by atoms with Gasteiger partial charge in [-0.2, -0.15) is 0 Å². The fourth-order valence-corrected chi connectivity index (χ4v) is 1.97. The third-order valence-corrected chi connectivity index (χ3v) is 2.94. The van der Waals surface area contributed by atoms with Crippen LogP contribution in [0.5, 0.6) is 0 Å². The van der Waals surface area contributed by atoms with E-state index in [0.29, 0.717) is 11.1 Å². The zero-order valence-electron chi connectivity index (χ0n) is 10.6. The summed E-state index contributed by atoms with van der Waals surface area (Å²) >= 11 is 0. The maximum atomic E-state index is 13.0. The normalized spacial score (nSPS) is 10.5. The van der Waals surface area contributed by atoms with Gasteiger partial charge in [0.05, 0.1) is 0 Å². The molecule has 0 aromatic heterocycles. The van der Waals surface area contributed by atoms with E-state index in [1.165, 1.54) is 12.1 Å². The molecule has 0 N–H and O–H groups in total. The van der Waals surface area contributed by atoms with Crippen LogP contribution in [0.2, 0.25) is 0 Å². The lowest BCUT2D eigenvalue weighted by molar-refractivity contribution is 0.0993. The van der Waals surface area contributed by atoms with E-state index in [4.69, 9.17) is 0 Å². The van der Waals surface area contributed by atoms with Crippen LogP contribution in [-0.4, -0.2) is 5.78 Å². The first-order chi connectivity index (χ1) is 9.08. The van der Waals surface area contributed by atoms with E-state index in [0.717, 1.165) is 18.1 Å². The molecule has 3 heteroatoms. The van der Waals surface area contributed by atoms with Gasteiger partial charge in [0, 0.05) is 18.1 Å². The Kier molecular flexibility index (Phi) is 4.05. The molecule has 0 aliphatic carbocycles. The minimum atomic E-state index is -0.662. The summed E-state index contributed by atoms with van der Waals surface area (Å²) in [5.41, 5.74) is 1.99. The lowest BCUT2D eigenvalue weighted by Gasteiger charge is -2.04. The monoisotopic (exact) mass is 260 g/mol. The minimum absolute atomic E-state index is 0.00183. The molecule has 19 heavy (non-hydrogen) atoms. The Labute approximate surface area is 110 Å². The molecule has 0 atom stereocenters. The number of Topliss-reactive ketones (excluding diaryl/α,β-unsaturated/α-hetero) is 1. The Morgan fingerprint density at radius 2 is 1.68 bits per heavy atom. The van der Waals surface area contributed by atoms with E-state index in [2.05, 4.69) is 0 Å². The molecule has 0 amide bonds. The molecule has 0 aliphatic heterocycles. The molecular weight excluding hydrogens is 246 g/mol. The number of aryl methyl sites for hydroxylation is 1. The van der Waals surface area contributed by atoms with Crippen molar-refractivity contribution in [2.45, 2.75) is 19.8 Å². The second kappa shape index (κ2) is 5.74. The molecule has 0 unspecified atom stereocenters. The molecule has 2 aromatic carbocycles. The van der Waals surface area contributed by atoms with E-state index >= 15 is 0 Å². The highest BCUT2D eigenvalue weighted by Gasteiger charge is 2.09. The maximum Gasteiger partial charge on any atom is 0.167 e. The lowest BCUT2D eigenvalue weighted by Crippen LogP contribution is -2.04. The number of ketones is 1. The Morgan fingerprint density at radius 1 is 1.00 bits per heavy atom. The van der Waals surface area contributed by atoms with Crippen LogP contribution in [0.15, 0.2) is 42.5 Å². The average Bonchev–Trinajstić information content (AvgIpc) is 2.37. The first-order valence-corrected chi connectivity index (χ1v) is 6.15. The number of benzene rings is 2. The highest BCUT2D eigenvalue weighted by atomic mass is 19.1. The van der Waals surface area contributed by atoms with Crippen molar-refractivity contribution in [3.8, 4) is 0 Å². The summed E-state index contributed by atoms with van der Waals surface area (Å²) in [5.74, 6) is -1.46. The zero-order valence-corrected chi connectivity index (χ0v) is 10.6. The molecular formula is C16H14F2O. The largest absolute Gasteiger partial charge is 0.294 e. The second-order valence-corrected chi connectivity index (χ2v) is 4.43. The van der Waals surface area contributed by atoms with Gasteiger partial charge in [0.1, 0.15) is 11.6 Å². The quantitative estimate of drug-likeness (QED) is 0.761. The molecule has 0 radical (unpaired) electrons. The Morgan fingerprint density at radius 3 is 2.32 bits per heavy atom. The molecule has 0 saturated heterocycles. The van der Waals surface area contributed by atoms with Gasteiger partial charge in [0.25, 0.3) is 0 Å². The summed E-state index contributed by atoms with van der Waals surface area (Å²) in [5, 5.41) is 0. The Hall–Kier alpha value is -2.03. The topological polar surface area (TPSA) is 17.1 Å². The molecule has 0 aliphatic rings. The van der Waals surface area contributed by atoms with Crippen molar-refractivity contribution in [2.24, 2.45) is 0 Å². The molecule has 2 rings (SSSR count). The molecule has 0 heterocycles. The third-order valence-electron chi connectivity index (χ3n) is 2.94. The molecule has 0 bridgehead atoms. The van der Waals surface area contributed by atoms with E-state index in [9.17, 15) is 13.6 Å². The van der Waals surface area contributed by atoms with Crippen LogP contribution in [0, 0.1) is 11.6 Å². The Bertz CT molecular complexity index is 585. The summed E-state index contributed by atoms with van der Waals surface area (Å²) in [6, 6.07) is 10.5. The fraction of sp³-hybridized carbons (Fsp3) is 0.188. The molecule has 1 nitrogen and oxygen atoms in total. The van der Waals surface area contributed by atoms with Crippen molar-refractivity contribution < 1.29 is 13.6 Å². The van der Waals surface area contributed by atoms with Gasteiger partial charge in [-0.05, 0) is 35.7 Å². The van der Waals surface area contributed by atoms with E-state index in [1.807, 2.05) is 25.1 Å². The Balaban J connectivity index is 2.20. The number of hydrogen-bond acceptors (Lipinski definition) is 1. The first kappa shape index (κ1) is 13.4. The molecule has 2 aromatic rings. The van der Waals surface area contributed by atoms with Crippen LogP contribution >= 0.6 is 0 Å². The van der Waals surface area contributed by atoms with E-state index in [1.54, 1.807) is 6.07 Å². The lowest BCUT2D eigenvalue weighted by atomic mass is 10.0. The third kappa shape index (κ3) is 3.47. The van der Waals surface area contributed by atoms with Crippen molar-refractivity contribution >= 4 is 5.78 Å². The van der Waals surface area contributed by atoms with Crippen LogP contribution in [0.3, 0.4) is 0 Å². The van der Waals surface area contributed by atoms with Crippen molar-refractivity contribution in [1.29, 1.82) is 0 Å². The van der Waals surface area contributed by atoms with Crippen LogP contribution in [0.4, 0.5) is 8.78 Å². The van der Waals surface area contributed by atoms with Crippen LogP contribution < -0.4 is 0 Å². The van der Waals surface area contributed by atoms with Crippen molar-refractivity contribution in [2.75, 3.05) is 0 Å². The number of rotatable bonds is 4. The molecule has 0 spiro atoms. The average molecular weight is 260 g/mol. The SMILES string of the molecule is CCc1cccc(C(=O)Cc2cc(F)cc(F)c2)c1. The summed E-state index contributed by atoms with van der Waals surface area (Å²) in [7, 11) is 0. The van der Waals surface area contributed by atoms with Crippen LogP contribution in [-0.2, 0) is 12.8 Å². The van der Waals surface area contributed by atoms with Crippen molar-refractivity contribution in [3.63, 3.8) is 0 Å². The summed E-state index contributed by atoms with van der Waals surface area (Å²) in [6.45, 7) is 2.01. The predicted octanol–water partition coefficient (Wildman–Crippen LogP) is 3.95. The highest BCUT2D eigenvalue weighted by molar-refractivity contribution is 5.97. The predicted molar refractivity (Wildman–Crippen MR) is 70.2 cm³/mol. The molecule has 0 saturated carbocycles. The standard InChI is InChI=1S/C16H14F2O/c1-2-11-4-3-5-13(6-11)16(19)9-12-7-14(17)10-15(18)8-12/h3-8,10H,2,9H2,1H3. The van der Waals surface area contributed by atoms with Gasteiger partial charge in [-0.3, -0.25) is 4.79 Å².